The van der Waals surface area contributed by atoms with Crippen molar-refractivity contribution in [2.45, 2.75) is 117 Å². The summed E-state index contributed by atoms with van der Waals surface area (Å²) < 4.78 is 5.99. The summed E-state index contributed by atoms with van der Waals surface area (Å²) in [6.07, 6.45) is 16.7. The van der Waals surface area contributed by atoms with Crippen LogP contribution in [0.2, 0.25) is 0 Å². The van der Waals surface area contributed by atoms with Crippen molar-refractivity contribution in [1.29, 1.82) is 0 Å². The first-order chi connectivity index (χ1) is 15.7. The molecule has 3 fully saturated rings. The van der Waals surface area contributed by atoms with E-state index in [4.69, 9.17) is 9.84 Å². The van der Waals surface area contributed by atoms with E-state index in [-0.39, 0.29) is 19.3 Å². The topological polar surface area (TPSA) is 49.7 Å². The number of hydrogen-bond donors (Lipinski definition) is 2. The molecule has 0 aromatic heterocycles. The highest BCUT2D eigenvalue weighted by Gasteiger charge is 2.59. The predicted molar refractivity (Wildman–Crippen MR) is 136 cm³/mol. The molecule has 9 atom stereocenters. The van der Waals surface area contributed by atoms with Crippen molar-refractivity contribution in [3.05, 3.63) is 11.6 Å². The molecular formula is C30H52O3. The first-order valence-electron chi connectivity index (χ1n) is 14.3. The van der Waals surface area contributed by atoms with E-state index in [9.17, 15) is 5.11 Å². The van der Waals surface area contributed by atoms with Gasteiger partial charge in [0.1, 0.15) is 6.10 Å². The lowest BCUT2D eigenvalue weighted by Crippen LogP contribution is -2.51. The van der Waals surface area contributed by atoms with E-state index in [1.54, 1.807) is 5.57 Å². The molecule has 0 aromatic rings. The maximum atomic E-state index is 9.68. The molecule has 0 spiro atoms. The molecule has 4 rings (SSSR count). The Morgan fingerprint density at radius 3 is 2.55 bits per heavy atom. The second-order valence-corrected chi connectivity index (χ2v) is 13.3. The number of aliphatic hydroxyl groups excluding tert-OH is 2. The van der Waals surface area contributed by atoms with Crippen molar-refractivity contribution in [2.24, 2.45) is 46.3 Å². The van der Waals surface area contributed by atoms with Crippen LogP contribution < -0.4 is 0 Å². The van der Waals surface area contributed by atoms with Gasteiger partial charge in [0.2, 0.25) is 0 Å². The Hall–Kier alpha value is -0.380. The third kappa shape index (κ3) is 4.98. The minimum atomic E-state index is -0.748. The average Bonchev–Trinajstić information content (AvgIpc) is 3.14. The van der Waals surface area contributed by atoms with Crippen molar-refractivity contribution in [3.8, 4) is 0 Å². The van der Waals surface area contributed by atoms with Crippen LogP contribution in [0.15, 0.2) is 11.6 Å². The van der Waals surface area contributed by atoms with Crippen LogP contribution in [-0.4, -0.2) is 35.6 Å². The van der Waals surface area contributed by atoms with Crippen LogP contribution in [0, 0.1) is 46.3 Å². The van der Waals surface area contributed by atoms with E-state index in [0.717, 1.165) is 48.3 Å². The highest BCUT2D eigenvalue weighted by Crippen LogP contribution is 2.67. The third-order valence-electron chi connectivity index (χ3n) is 11.0. The van der Waals surface area contributed by atoms with Gasteiger partial charge in [-0.15, -0.1) is 0 Å². The smallest absolute Gasteiger partial charge is 0.100 e. The molecule has 3 nitrogen and oxygen atoms in total. The summed E-state index contributed by atoms with van der Waals surface area (Å²) in [4.78, 5) is 0. The molecule has 0 saturated heterocycles. The molecule has 4 aliphatic carbocycles. The molecule has 0 heterocycles. The predicted octanol–water partition coefficient (Wildman–Crippen LogP) is 6.77. The molecular weight excluding hydrogens is 408 g/mol. The second-order valence-electron chi connectivity index (χ2n) is 13.3. The largest absolute Gasteiger partial charge is 0.394 e. The van der Waals surface area contributed by atoms with Gasteiger partial charge >= 0.3 is 0 Å². The number of hydrogen-bond acceptors (Lipinski definition) is 3. The summed E-state index contributed by atoms with van der Waals surface area (Å²) in [5.74, 6) is 5.27. The van der Waals surface area contributed by atoms with Crippen molar-refractivity contribution in [3.63, 3.8) is 0 Å². The third-order valence-corrected chi connectivity index (χ3v) is 11.0. The van der Waals surface area contributed by atoms with Crippen LogP contribution in [0.3, 0.4) is 0 Å². The van der Waals surface area contributed by atoms with Gasteiger partial charge in [0.05, 0.1) is 19.3 Å². The summed E-state index contributed by atoms with van der Waals surface area (Å²) in [6, 6.07) is 0. The van der Waals surface area contributed by atoms with E-state index in [1.165, 1.54) is 57.8 Å². The lowest BCUT2D eigenvalue weighted by atomic mass is 9.47. The summed E-state index contributed by atoms with van der Waals surface area (Å²) in [5.41, 5.74) is 2.54. The molecule has 3 heteroatoms. The molecule has 2 N–H and O–H groups in total. The van der Waals surface area contributed by atoms with E-state index < -0.39 is 6.10 Å². The van der Waals surface area contributed by atoms with Crippen molar-refractivity contribution >= 4 is 0 Å². The van der Waals surface area contributed by atoms with E-state index >= 15 is 0 Å². The zero-order valence-electron chi connectivity index (χ0n) is 22.2. The van der Waals surface area contributed by atoms with Crippen molar-refractivity contribution < 1.29 is 14.9 Å². The maximum absolute atomic E-state index is 9.68. The minimum Gasteiger partial charge on any atom is -0.394 e. The van der Waals surface area contributed by atoms with E-state index in [1.807, 2.05) is 0 Å². The van der Waals surface area contributed by atoms with E-state index in [0.29, 0.717) is 10.8 Å². The molecule has 0 radical (unpaired) electrons. The lowest BCUT2D eigenvalue weighted by Gasteiger charge is -2.58. The van der Waals surface area contributed by atoms with Gasteiger partial charge in [-0.05, 0) is 97.7 Å². The Morgan fingerprint density at radius 2 is 1.82 bits per heavy atom. The van der Waals surface area contributed by atoms with Gasteiger partial charge in [-0.1, -0.05) is 65.5 Å². The summed E-state index contributed by atoms with van der Waals surface area (Å²) in [6.45, 7) is 12.6. The molecule has 0 aromatic carbocycles. The highest BCUT2D eigenvalue weighted by molar-refractivity contribution is 5.25. The van der Waals surface area contributed by atoms with Gasteiger partial charge < -0.3 is 14.9 Å². The quantitative estimate of drug-likeness (QED) is 0.373. The summed E-state index contributed by atoms with van der Waals surface area (Å²) in [7, 11) is 0. The fourth-order valence-electron chi connectivity index (χ4n) is 9.09. The van der Waals surface area contributed by atoms with Gasteiger partial charge in [-0.2, -0.15) is 0 Å². The number of rotatable bonds is 9. The van der Waals surface area contributed by atoms with Crippen LogP contribution in [0.5, 0.6) is 0 Å². The van der Waals surface area contributed by atoms with Crippen molar-refractivity contribution in [2.75, 3.05) is 13.2 Å². The van der Waals surface area contributed by atoms with Gasteiger partial charge in [0, 0.05) is 0 Å². The zero-order chi connectivity index (χ0) is 23.8. The summed E-state index contributed by atoms with van der Waals surface area (Å²) >= 11 is 0. The minimum absolute atomic E-state index is 0.207. The average molecular weight is 461 g/mol. The van der Waals surface area contributed by atoms with Gasteiger partial charge in [0.25, 0.3) is 0 Å². The first-order valence-corrected chi connectivity index (χ1v) is 14.3. The molecule has 0 unspecified atom stereocenters. The molecule has 4 aliphatic rings. The van der Waals surface area contributed by atoms with Crippen LogP contribution in [0.4, 0.5) is 0 Å². The standard InChI is InChI=1S/C30H52O3/c1-20(2)7-6-8-21(3)26-11-12-27-25-10-9-22-17-24(33-19-23(32)18-31)13-15-29(22,4)28(25)14-16-30(26,27)5/h9,20-21,23-28,31-32H,6-8,10-19H2,1-5H3/t21-,23+,24+,25+,26-,27+,28+,29+,30-/m1/s1. The Balaban J connectivity index is 1.42. The van der Waals surface area contributed by atoms with Gasteiger partial charge in [-0.25, -0.2) is 0 Å². The van der Waals surface area contributed by atoms with Crippen LogP contribution in [0.1, 0.15) is 105 Å². The first kappa shape index (κ1) is 25.7. The van der Waals surface area contributed by atoms with Crippen LogP contribution in [0.25, 0.3) is 0 Å². The number of fused-ring (bicyclic) bond motifs is 5. The van der Waals surface area contributed by atoms with Crippen LogP contribution in [-0.2, 0) is 4.74 Å². The Morgan fingerprint density at radius 1 is 1.03 bits per heavy atom. The fraction of sp³-hybridized carbons (Fsp3) is 0.933. The molecule has 3 saturated carbocycles. The maximum Gasteiger partial charge on any atom is 0.100 e. The molecule has 0 aliphatic heterocycles. The highest BCUT2D eigenvalue weighted by atomic mass is 16.5. The molecule has 0 amide bonds. The Bertz CT molecular complexity index is 686. The second kappa shape index (κ2) is 10.3. The normalized spacial score (nSPS) is 42.3. The van der Waals surface area contributed by atoms with Crippen molar-refractivity contribution in [1.82, 2.24) is 0 Å². The Kier molecular flexibility index (Phi) is 8.03. The zero-order valence-corrected chi connectivity index (χ0v) is 22.2. The molecule has 190 valence electrons. The fourth-order valence-corrected chi connectivity index (χ4v) is 9.09. The lowest BCUT2D eigenvalue weighted by molar-refractivity contribution is -0.0746. The number of ether oxygens (including phenoxy) is 1. The molecule has 0 bridgehead atoms. The SMILES string of the molecule is CC(C)CCC[C@@H](C)[C@H]1CC[C@H]2[C@@H]3CC=C4C[C@@H](OC[C@@H](O)CO)CC[C@]4(C)[C@H]3CC[C@]12C. The van der Waals surface area contributed by atoms with Gasteiger partial charge in [-0.3, -0.25) is 0 Å². The van der Waals surface area contributed by atoms with Gasteiger partial charge in [0.15, 0.2) is 0 Å². The number of aliphatic hydroxyl groups is 2. The van der Waals surface area contributed by atoms with Crippen LogP contribution >= 0.6 is 0 Å². The summed E-state index contributed by atoms with van der Waals surface area (Å²) in [5, 5.41) is 18.8. The molecule has 33 heavy (non-hydrogen) atoms. The monoisotopic (exact) mass is 460 g/mol. The Labute approximate surface area is 203 Å². The van der Waals surface area contributed by atoms with E-state index in [2.05, 4.69) is 40.7 Å². The number of allylic oxidation sites excluding steroid dienone is 1.